The van der Waals surface area contributed by atoms with Gasteiger partial charge in [-0.05, 0) is 18.6 Å². The Morgan fingerprint density at radius 3 is 3.13 bits per heavy atom. The van der Waals surface area contributed by atoms with Crippen molar-refractivity contribution in [3.05, 3.63) is 28.2 Å². The van der Waals surface area contributed by atoms with Gasteiger partial charge in [-0.25, -0.2) is 4.79 Å². The molecule has 1 unspecified atom stereocenters. The van der Waals surface area contributed by atoms with Crippen LogP contribution < -0.4 is 5.73 Å². The molecule has 1 atom stereocenters. The molecule has 0 saturated carbocycles. The summed E-state index contributed by atoms with van der Waals surface area (Å²) < 4.78 is 6.10. The number of ether oxygens (including phenoxy) is 1. The minimum Gasteiger partial charge on any atom is -0.441 e. The molecule has 2 N–H and O–H groups in total. The highest BCUT2D eigenvalue weighted by atomic mass is 79.9. The number of rotatable bonds is 1. The van der Waals surface area contributed by atoms with E-state index < -0.39 is 6.09 Å². The van der Waals surface area contributed by atoms with Crippen LogP contribution in [0.1, 0.15) is 18.1 Å². The molecule has 1 aliphatic heterocycles. The quantitative estimate of drug-likeness (QED) is 0.864. The Morgan fingerprint density at radius 1 is 1.60 bits per heavy atom. The molecule has 1 aromatic carbocycles. The lowest BCUT2D eigenvalue weighted by atomic mass is 10.1. The number of carbonyl (C=O) groups excluding carboxylic acids is 1. The first-order chi connectivity index (χ1) is 7.16. The number of hydrogen-bond donors (Lipinski definition) is 1. The molecule has 1 amide bonds. The van der Waals surface area contributed by atoms with Crippen LogP contribution in [0.25, 0.3) is 0 Å². The molecule has 80 valence electrons. The van der Waals surface area contributed by atoms with Crippen LogP contribution in [0.4, 0.5) is 4.79 Å². The van der Waals surface area contributed by atoms with Gasteiger partial charge in [0.05, 0.1) is 0 Å². The van der Waals surface area contributed by atoms with Gasteiger partial charge in [0.25, 0.3) is 0 Å². The summed E-state index contributed by atoms with van der Waals surface area (Å²) in [5, 5.41) is 0. The van der Waals surface area contributed by atoms with Gasteiger partial charge in [-0.1, -0.05) is 22.0 Å². The van der Waals surface area contributed by atoms with Crippen LogP contribution in [-0.2, 0) is 4.74 Å². The highest BCUT2D eigenvalue weighted by Crippen LogP contribution is 2.39. The van der Waals surface area contributed by atoms with Gasteiger partial charge in [0.2, 0.25) is 0 Å². The van der Waals surface area contributed by atoms with Crippen molar-refractivity contribution in [1.29, 1.82) is 0 Å². The normalized spacial score (nSPS) is 19.4. The van der Waals surface area contributed by atoms with E-state index in [4.69, 9.17) is 10.5 Å². The second kappa shape index (κ2) is 4.45. The predicted molar refractivity (Wildman–Crippen MR) is 62.9 cm³/mol. The maximum atomic E-state index is 10.7. The van der Waals surface area contributed by atoms with E-state index in [1.807, 2.05) is 18.2 Å². The molecule has 0 aromatic heterocycles. The molecule has 0 bridgehead atoms. The number of fused-ring (bicyclic) bond motifs is 1. The van der Waals surface area contributed by atoms with Crippen LogP contribution in [0.15, 0.2) is 27.6 Å². The van der Waals surface area contributed by atoms with Crippen LogP contribution >= 0.6 is 27.7 Å². The van der Waals surface area contributed by atoms with E-state index in [0.717, 1.165) is 27.1 Å². The number of amides is 1. The van der Waals surface area contributed by atoms with Gasteiger partial charge in [0, 0.05) is 20.7 Å². The topological polar surface area (TPSA) is 52.3 Å². The Balaban J connectivity index is 2.30. The largest absolute Gasteiger partial charge is 0.441 e. The zero-order valence-corrected chi connectivity index (χ0v) is 10.3. The van der Waals surface area contributed by atoms with Crippen LogP contribution in [0.3, 0.4) is 0 Å². The number of thioether (sulfide) groups is 1. The number of hydrogen-bond acceptors (Lipinski definition) is 3. The summed E-state index contributed by atoms with van der Waals surface area (Å²) >= 11 is 5.19. The second-order valence-electron chi connectivity index (χ2n) is 3.24. The van der Waals surface area contributed by atoms with Crippen LogP contribution in [0.2, 0.25) is 0 Å². The average Bonchev–Trinajstić information content (AvgIpc) is 2.16. The van der Waals surface area contributed by atoms with E-state index in [-0.39, 0.29) is 6.10 Å². The van der Waals surface area contributed by atoms with Crippen molar-refractivity contribution in [2.45, 2.75) is 17.4 Å². The van der Waals surface area contributed by atoms with Crippen molar-refractivity contribution in [1.82, 2.24) is 0 Å². The zero-order valence-electron chi connectivity index (χ0n) is 7.90. The third-order valence-corrected chi connectivity index (χ3v) is 3.82. The first kappa shape index (κ1) is 10.8. The molecular weight excluding hydrogens is 278 g/mol. The first-order valence-electron chi connectivity index (χ1n) is 4.55. The molecule has 0 aliphatic carbocycles. The number of benzene rings is 1. The fourth-order valence-electron chi connectivity index (χ4n) is 1.59. The van der Waals surface area contributed by atoms with Gasteiger partial charge >= 0.3 is 6.09 Å². The summed E-state index contributed by atoms with van der Waals surface area (Å²) in [6, 6.07) is 5.96. The Hall–Kier alpha value is -0.680. The summed E-state index contributed by atoms with van der Waals surface area (Å²) in [5.74, 6) is 0.946. The summed E-state index contributed by atoms with van der Waals surface area (Å²) in [5.41, 5.74) is 6.08. The average molecular weight is 288 g/mol. The number of primary amides is 1. The van der Waals surface area contributed by atoms with Crippen LogP contribution in [0, 0.1) is 0 Å². The summed E-state index contributed by atoms with van der Waals surface area (Å²) in [6.07, 6.45) is -0.0741. The van der Waals surface area contributed by atoms with Gasteiger partial charge in [-0.2, -0.15) is 0 Å². The van der Waals surface area contributed by atoms with Gasteiger partial charge < -0.3 is 10.5 Å². The van der Waals surface area contributed by atoms with Crippen molar-refractivity contribution in [3.63, 3.8) is 0 Å². The van der Waals surface area contributed by atoms with Crippen LogP contribution in [0.5, 0.6) is 0 Å². The summed E-state index contributed by atoms with van der Waals surface area (Å²) in [6.45, 7) is 0. The number of carbonyl (C=O) groups is 1. The van der Waals surface area contributed by atoms with E-state index in [0.29, 0.717) is 0 Å². The van der Waals surface area contributed by atoms with E-state index in [1.165, 1.54) is 0 Å². The SMILES string of the molecule is NC(=O)OC1CCSc2cc(Br)ccc21. The Morgan fingerprint density at radius 2 is 2.40 bits per heavy atom. The van der Waals surface area contributed by atoms with Crippen molar-refractivity contribution in [3.8, 4) is 0 Å². The maximum absolute atomic E-state index is 10.7. The molecule has 0 radical (unpaired) electrons. The van der Waals surface area contributed by atoms with Crippen molar-refractivity contribution in [2.75, 3.05) is 5.75 Å². The molecule has 3 nitrogen and oxygen atoms in total. The molecule has 5 heteroatoms. The van der Waals surface area contributed by atoms with E-state index in [1.54, 1.807) is 11.8 Å². The molecule has 0 saturated heterocycles. The Kier molecular flexibility index (Phi) is 3.21. The molecule has 1 aromatic rings. The van der Waals surface area contributed by atoms with Crippen molar-refractivity contribution in [2.24, 2.45) is 5.73 Å². The lowest BCUT2D eigenvalue weighted by Gasteiger charge is -2.24. The summed E-state index contributed by atoms with van der Waals surface area (Å²) in [4.78, 5) is 11.9. The monoisotopic (exact) mass is 287 g/mol. The fraction of sp³-hybridized carbons (Fsp3) is 0.300. The molecular formula is C10H10BrNO2S. The standard InChI is InChI=1S/C10H10BrNO2S/c11-6-1-2-7-8(14-10(12)13)3-4-15-9(7)5-6/h1-2,5,8H,3-4H2,(H2,12,13). The second-order valence-corrected chi connectivity index (χ2v) is 5.30. The van der Waals surface area contributed by atoms with Gasteiger partial charge in [-0.3, -0.25) is 0 Å². The molecule has 15 heavy (non-hydrogen) atoms. The lowest BCUT2D eigenvalue weighted by Crippen LogP contribution is -2.20. The van der Waals surface area contributed by atoms with Crippen molar-refractivity contribution >= 4 is 33.8 Å². The van der Waals surface area contributed by atoms with Gasteiger partial charge in [0.1, 0.15) is 6.10 Å². The minimum absolute atomic E-state index is 0.188. The number of nitrogens with two attached hydrogens (primary N) is 1. The maximum Gasteiger partial charge on any atom is 0.405 e. The zero-order chi connectivity index (χ0) is 10.8. The predicted octanol–water partition coefficient (Wildman–Crippen LogP) is 3.08. The van der Waals surface area contributed by atoms with Gasteiger partial charge in [0.15, 0.2) is 0 Å². The minimum atomic E-state index is -0.708. The van der Waals surface area contributed by atoms with E-state index in [2.05, 4.69) is 15.9 Å². The third-order valence-electron chi connectivity index (χ3n) is 2.22. The summed E-state index contributed by atoms with van der Waals surface area (Å²) in [7, 11) is 0. The van der Waals surface area contributed by atoms with E-state index >= 15 is 0 Å². The highest BCUT2D eigenvalue weighted by molar-refractivity contribution is 9.10. The fourth-order valence-corrected chi connectivity index (χ4v) is 3.23. The third kappa shape index (κ3) is 2.46. The molecule has 2 rings (SSSR count). The van der Waals surface area contributed by atoms with E-state index in [9.17, 15) is 4.79 Å². The number of halogens is 1. The Labute approximate surface area is 100 Å². The molecule has 1 aliphatic rings. The molecule has 1 heterocycles. The Bertz CT molecular complexity index is 397. The lowest BCUT2D eigenvalue weighted by molar-refractivity contribution is 0.102. The molecule has 0 spiro atoms. The van der Waals surface area contributed by atoms with Gasteiger partial charge in [-0.15, -0.1) is 11.8 Å². The first-order valence-corrected chi connectivity index (χ1v) is 6.33. The van der Waals surface area contributed by atoms with Crippen LogP contribution in [-0.4, -0.2) is 11.8 Å². The molecule has 0 fully saturated rings. The highest BCUT2D eigenvalue weighted by Gasteiger charge is 2.23. The van der Waals surface area contributed by atoms with Crippen molar-refractivity contribution < 1.29 is 9.53 Å². The smallest absolute Gasteiger partial charge is 0.405 e.